The lowest BCUT2D eigenvalue weighted by atomic mass is 10.1. The van der Waals surface area contributed by atoms with Crippen molar-refractivity contribution in [3.8, 4) is 11.5 Å². The van der Waals surface area contributed by atoms with Crippen LogP contribution >= 0.6 is 62.5 Å². The average molecular weight is 628 g/mol. The van der Waals surface area contributed by atoms with E-state index in [1.54, 1.807) is 54.6 Å². The maximum absolute atomic E-state index is 13.0. The molecule has 186 valence electrons. The maximum atomic E-state index is 13.0. The second-order valence-electron chi connectivity index (χ2n) is 7.69. The molecule has 10 heteroatoms. The lowest BCUT2D eigenvalue weighted by molar-refractivity contribution is -0.123. The molecule has 36 heavy (non-hydrogen) atoms. The molecule has 1 saturated heterocycles. The van der Waals surface area contributed by atoms with Crippen LogP contribution < -0.4 is 9.47 Å². The van der Waals surface area contributed by atoms with Crippen molar-refractivity contribution in [3.05, 3.63) is 95.7 Å². The third kappa shape index (κ3) is 6.39. The standard InChI is InChI=1S/C26H19BrCl3NO4S/c1-2-34-22-10-16(9-20(27)24(22)35-14-17-6-7-19(29)12-21(17)30)11-23-25(32)31(26(33)36-23)13-15-4-3-5-18(28)8-15/h3-12H,2,13-14H2,1H3/b23-11-. The van der Waals surface area contributed by atoms with Crippen LogP contribution in [0.4, 0.5) is 4.79 Å². The Morgan fingerprint density at radius 3 is 2.50 bits per heavy atom. The Morgan fingerprint density at radius 2 is 1.78 bits per heavy atom. The molecule has 0 N–H and O–H groups in total. The largest absolute Gasteiger partial charge is 0.490 e. The van der Waals surface area contributed by atoms with Crippen LogP contribution in [0.15, 0.2) is 64.0 Å². The lowest BCUT2D eigenvalue weighted by Gasteiger charge is -2.15. The van der Waals surface area contributed by atoms with Crippen LogP contribution in [0.25, 0.3) is 6.08 Å². The molecule has 4 rings (SSSR count). The predicted octanol–water partition coefficient (Wildman–Crippen LogP) is 8.62. The highest BCUT2D eigenvalue weighted by Gasteiger charge is 2.35. The normalized spacial score (nSPS) is 14.6. The van der Waals surface area contributed by atoms with Gasteiger partial charge < -0.3 is 9.47 Å². The lowest BCUT2D eigenvalue weighted by Crippen LogP contribution is -2.27. The summed E-state index contributed by atoms with van der Waals surface area (Å²) in [6.45, 7) is 2.62. The fourth-order valence-electron chi connectivity index (χ4n) is 3.47. The molecule has 0 spiro atoms. The van der Waals surface area contributed by atoms with Crippen molar-refractivity contribution in [1.82, 2.24) is 4.90 Å². The summed E-state index contributed by atoms with van der Waals surface area (Å²) in [6, 6.07) is 15.8. The molecule has 1 fully saturated rings. The van der Waals surface area contributed by atoms with Crippen molar-refractivity contribution in [2.75, 3.05) is 6.61 Å². The van der Waals surface area contributed by atoms with E-state index in [-0.39, 0.29) is 24.3 Å². The number of hydrogen-bond acceptors (Lipinski definition) is 5. The van der Waals surface area contributed by atoms with Crippen LogP contribution in [0.2, 0.25) is 15.1 Å². The highest BCUT2D eigenvalue weighted by Crippen LogP contribution is 2.40. The molecule has 0 saturated carbocycles. The molecular formula is C26H19BrCl3NO4S. The van der Waals surface area contributed by atoms with E-state index >= 15 is 0 Å². The van der Waals surface area contributed by atoms with E-state index < -0.39 is 0 Å². The van der Waals surface area contributed by atoms with Gasteiger partial charge in [-0.15, -0.1) is 0 Å². The first-order valence-electron chi connectivity index (χ1n) is 10.8. The predicted molar refractivity (Wildman–Crippen MR) is 149 cm³/mol. The third-order valence-corrected chi connectivity index (χ3v) is 7.44. The Labute approximate surface area is 236 Å². The number of rotatable bonds is 8. The molecule has 0 aromatic heterocycles. The van der Waals surface area contributed by atoms with Crippen molar-refractivity contribution in [1.29, 1.82) is 0 Å². The molecule has 5 nitrogen and oxygen atoms in total. The summed E-state index contributed by atoms with van der Waals surface area (Å²) in [4.78, 5) is 27.1. The smallest absolute Gasteiger partial charge is 0.293 e. The van der Waals surface area contributed by atoms with Gasteiger partial charge in [-0.05, 0) is 88.2 Å². The van der Waals surface area contributed by atoms with Crippen LogP contribution in [0.1, 0.15) is 23.6 Å². The van der Waals surface area contributed by atoms with Gasteiger partial charge in [0.25, 0.3) is 11.1 Å². The van der Waals surface area contributed by atoms with Crippen LogP contribution in [-0.2, 0) is 17.9 Å². The summed E-state index contributed by atoms with van der Waals surface area (Å²) in [7, 11) is 0. The summed E-state index contributed by atoms with van der Waals surface area (Å²) < 4.78 is 12.4. The van der Waals surface area contributed by atoms with Gasteiger partial charge in [-0.1, -0.05) is 53.0 Å². The van der Waals surface area contributed by atoms with Crippen LogP contribution in [0.5, 0.6) is 11.5 Å². The number of imide groups is 1. The number of amides is 2. The molecule has 0 atom stereocenters. The number of thioether (sulfide) groups is 1. The molecule has 1 aliphatic heterocycles. The topological polar surface area (TPSA) is 55.8 Å². The van der Waals surface area contributed by atoms with Gasteiger partial charge in [0.1, 0.15) is 6.61 Å². The minimum absolute atomic E-state index is 0.149. The second-order valence-corrected chi connectivity index (χ2v) is 10.8. The van der Waals surface area contributed by atoms with E-state index in [0.717, 1.165) is 22.9 Å². The van der Waals surface area contributed by atoms with Gasteiger partial charge in [-0.25, -0.2) is 0 Å². The highest BCUT2D eigenvalue weighted by atomic mass is 79.9. The first-order valence-corrected chi connectivity index (χ1v) is 13.5. The molecule has 2 amide bonds. The van der Waals surface area contributed by atoms with Crippen LogP contribution in [0, 0.1) is 0 Å². The molecule has 3 aromatic rings. The Morgan fingerprint density at radius 1 is 1.00 bits per heavy atom. The first kappa shape index (κ1) is 26.9. The van der Waals surface area contributed by atoms with E-state index in [1.165, 1.54) is 4.90 Å². The van der Waals surface area contributed by atoms with Crippen molar-refractivity contribution < 1.29 is 19.1 Å². The number of ether oxygens (including phenoxy) is 2. The number of carbonyl (C=O) groups is 2. The minimum atomic E-state index is -0.364. The van der Waals surface area contributed by atoms with E-state index in [9.17, 15) is 9.59 Å². The van der Waals surface area contributed by atoms with E-state index in [0.29, 0.717) is 48.1 Å². The first-order chi connectivity index (χ1) is 17.2. The van der Waals surface area contributed by atoms with Gasteiger partial charge >= 0.3 is 0 Å². The zero-order chi connectivity index (χ0) is 25.8. The average Bonchev–Trinajstić information content (AvgIpc) is 3.07. The Balaban J connectivity index is 1.56. The van der Waals surface area contributed by atoms with E-state index in [1.807, 2.05) is 13.0 Å². The Kier molecular flexibility index (Phi) is 8.91. The number of hydrogen-bond donors (Lipinski definition) is 0. The quantitative estimate of drug-likeness (QED) is 0.234. The number of benzene rings is 3. The van der Waals surface area contributed by atoms with Crippen LogP contribution in [-0.4, -0.2) is 22.7 Å². The van der Waals surface area contributed by atoms with Gasteiger partial charge in [0.05, 0.1) is 22.5 Å². The summed E-state index contributed by atoms with van der Waals surface area (Å²) in [5.41, 5.74) is 2.22. The summed E-state index contributed by atoms with van der Waals surface area (Å²) in [6.07, 6.45) is 1.66. The van der Waals surface area contributed by atoms with Gasteiger partial charge in [0, 0.05) is 20.6 Å². The van der Waals surface area contributed by atoms with Gasteiger partial charge in [0.15, 0.2) is 11.5 Å². The molecule has 0 unspecified atom stereocenters. The number of halogens is 4. The zero-order valence-electron chi connectivity index (χ0n) is 18.9. The molecule has 0 radical (unpaired) electrons. The van der Waals surface area contributed by atoms with Crippen LogP contribution in [0.3, 0.4) is 0 Å². The van der Waals surface area contributed by atoms with Crippen molar-refractivity contribution in [2.45, 2.75) is 20.1 Å². The highest BCUT2D eigenvalue weighted by molar-refractivity contribution is 9.10. The number of nitrogens with zero attached hydrogens (tertiary/aromatic N) is 1. The fraction of sp³-hybridized carbons (Fsp3) is 0.154. The molecule has 1 heterocycles. The minimum Gasteiger partial charge on any atom is -0.490 e. The molecular weight excluding hydrogens is 609 g/mol. The summed E-state index contributed by atoms with van der Waals surface area (Å²) >= 11 is 22.7. The molecule has 0 bridgehead atoms. The monoisotopic (exact) mass is 625 g/mol. The SMILES string of the molecule is CCOc1cc(/C=C2\SC(=O)N(Cc3cccc(Cl)c3)C2=O)cc(Br)c1OCc1ccc(Cl)cc1Cl. The molecule has 1 aliphatic rings. The zero-order valence-corrected chi connectivity index (χ0v) is 23.6. The fourth-order valence-corrected chi connectivity index (χ4v) is 5.56. The van der Waals surface area contributed by atoms with Crippen molar-refractivity contribution in [2.24, 2.45) is 0 Å². The second kappa shape index (κ2) is 11.9. The van der Waals surface area contributed by atoms with Crippen molar-refractivity contribution >= 4 is 79.7 Å². The van der Waals surface area contributed by atoms with E-state index in [4.69, 9.17) is 44.3 Å². The van der Waals surface area contributed by atoms with Gasteiger partial charge in [0.2, 0.25) is 0 Å². The van der Waals surface area contributed by atoms with E-state index in [2.05, 4.69) is 15.9 Å². The maximum Gasteiger partial charge on any atom is 0.293 e. The molecule has 0 aliphatic carbocycles. The van der Waals surface area contributed by atoms with Crippen molar-refractivity contribution in [3.63, 3.8) is 0 Å². The summed E-state index contributed by atoms with van der Waals surface area (Å²) in [5, 5.41) is 1.25. The third-order valence-electron chi connectivity index (χ3n) is 5.12. The van der Waals surface area contributed by atoms with Gasteiger partial charge in [-0.3, -0.25) is 14.5 Å². The summed E-state index contributed by atoms with van der Waals surface area (Å²) in [5.74, 6) is 0.618. The Bertz CT molecular complexity index is 1370. The van der Waals surface area contributed by atoms with Gasteiger partial charge in [-0.2, -0.15) is 0 Å². The molecule has 3 aromatic carbocycles. The Hall–Kier alpha value is -2.16. The number of carbonyl (C=O) groups excluding carboxylic acids is 2.